The highest BCUT2D eigenvalue weighted by molar-refractivity contribution is 8.03. The third-order valence-electron chi connectivity index (χ3n) is 4.81. The Balaban J connectivity index is 1.73. The highest BCUT2D eigenvalue weighted by atomic mass is 32.2. The summed E-state index contributed by atoms with van der Waals surface area (Å²) in [6, 6.07) is 28.5. The monoisotopic (exact) mass is 448 g/mol. The largest absolute Gasteiger partial charge is 0.456 e. The molecule has 0 aliphatic heterocycles. The van der Waals surface area contributed by atoms with Gasteiger partial charge in [-0.25, -0.2) is 4.57 Å². The summed E-state index contributed by atoms with van der Waals surface area (Å²) in [4.78, 5) is 2.02. The third-order valence-corrected chi connectivity index (χ3v) is 7.59. The van der Waals surface area contributed by atoms with Gasteiger partial charge in [-0.2, -0.15) is 0 Å². The quantitative estimate of drug-likeness (QED) is 0.256. The van der Waals surface area contributed by atoms with Gasteiger partial charge in [0.2, 0.25) is 0 Å². The number of para-hydroxylation sites is 2. The van der Waals surface area contributed by atoms with Gasteiger partial charge >= 0.3 is 7.60 Å². The first-order chi connectivity index (χ1) is 15.2. The fourth-order valence-electron chi connectivity index (χ4n) is 3.32. The molecule has 0 N–H and O–H groups in total. The van der Waals surface area contributed by atoms with Gasteiger partial charge in [0, 0.05) is 9.80 Å². The summed E-state index contributed by atoms with van der Waals surface area (Å²) in [7, 11) is -3.65. The molecule has 1 aliphatic rings. The molecule has 0 unspecified atom stereocenters. The first-order valence-corrected chi connectivity index (χ1v) is 12.9. The van der Waals surface area contributed by atoms with E-state index in [-0.39, 0.29) is 0 Å². The number of rotatable bonds is 8. The van der Waals surface area contributed by atoms with E-state index >= 15 is 0 Å². The Morgan fingerprint density at radius 3 is 1.84 bits per heavy atom. The van der Waals surface area contributed by atoms with Crippen LogP contribution in [0.5, 0.6) is 11.5 Å². The summed E-state index contributed by atoms with van der Waals surface area (Å²) in [5.74, 6) is 2.72. The first-order valence-electron chi connectivity index (χ1n) is 10.4. The average Bonchev–Trinajstić information content (AvgIpc) is 2.81. The summed E-state index contributed by atoms with van der Waals surface area (Å²) < 4.78 is 26.0. The minimum Gasteiger partial charge on any atom is -0.413 e. The van der Waals surface area contributed by atoms with Crippen LogP contribution in [0.15, 0.2) is 118 Å². The molecule has 1 aliphatic carbocycles. The van der Waals surface area contributed by atoms with Crippen LogP contribution in [0.25, 0.3) is 0 Å². The molecule has 4 rings (SSSR count). The lowest BCUT2D eigenvalue weighted by Gasteiger charge is -2.21. The standard InChI is InChI=1S/C26H25O3PS/c27-30(28-23-15-7-2-8-16-23,29-24-17-9-3-10-18-24)21-26(22-13-5-1-6-14-22)31-25-19-11-4-12-20-25/h2-4,7-13,15-21H,1,5-6,14H2/b26-21-. The van der Waals surface area contributed by atoms with Crippen LogP contribution in [0, 0.1) is 0 Å². The molecule has 0 spiro atoms. The molecule has 0 saturated carbocycles. The fourth-order valence-corrected chi connectivity index (χ4v) is 6.21. The Kier molecular flexibility index (Phi) is 7.35. The molecule has 5 heteroatoms. The van der Waals surface area contributed by atoms with E-state index in [1.165, 1.54) is 12.0 Å². The lowest BCUT2D eigenvalue weighted by atomic mass is 10.00. The first kappa shape index (κ1) is 21.5. The zero-order valence-corrected chi connectivity index (χ0v) is 18.9. The van der Waals surface area contributed by atoms with E-state index in [0.717, 1.165) is 29.1 Å². The Morgan fingerprint density at radius 2 is 1.32 bits per heavy atom. The van der Waals surface area contributed by atoms with Crippen molar-refractivity contribution in [3.63, 3.8) is 0 Å². The van der Waals surface area contributed by atoms with Crippen molar-refractivity contribution >= 4 is 19.4 Å². The minimum atomic E-state index is -3.65. The number of hydrogen-bond donors (Lipinski definition) is 0. The molecular formula is C26H25O3PS. The number of hydrogen-bond acceptors (Lipinski definition) is 4. The fraction of sp³-hybridized carbons (Fsp3) is 0.154. The molecule has 158 valence electrons. The highest BCUT2D eigenvalue weighted by Crippen LogP contribution is 2.53. The maximum atomic E-state index is 14.0. The van der Waals surface area contributed by atoms with E-state index in [0.29, 0.717) is 11.5 Å². The molecule has 0 saturated heterocycles. The number of benzene rings is 3. The number of thioether (sulfide) groups is 1. The SMILES string of the molecule is O=P(/C=C(\Sc1ccccc1)C1=CCCCC1)(Oc1ccccc1)Oc1ccccc1. The van der Waals surface area contributed by atoms with Gasteiger partial charge in [-0.05, 0) is 67.7 Å². The molecule has 3 aromatic carbocycles. The Hall–Kier alpha value is -2.68. The predicted molar refractivity (Wildman–Crippen MR) is 129 cm³/mol. The minimum absolute atomic E-state index is 0.514. The maximum Gasteiger partial charge on any atom is 0.456 e. The van der Waals surface area contributed by atoms with Crippen molar-refractivity contribution in [3.05, 3.63) is 113 Å². The van der Waals surface area contributed by atoms with Crippen molar-refractivity contribution in [2.45, 2.75) is 30.6 Å². The summed E-state index contributed by atoms with van der Waals surface area (Å²) >= 11 is 1.60. The zero-order valence-electron chi connectivity index (χ0n) is 17.2. The van der Waals surface area contributed by atoms with Crippen LogP contribution in [0.3, 0.4) is 0 Å². The molecule has 0 aromatic heterocycles. The second-order valence-electron chi connectivity index (χ2n) is 7.23. The Bertz CT molecular complexity index is 1030. The molecule has 0 bridgehead atoms. The molecule has 0 heterocycles. The lowest BCUT2D eigenvalue weighted by Crippen LogP contribution is -2.01. The zero-order chi connectivity index (χ0) is 21.4. The topological polar surface area (TPSA) is 35.5 Å². The normalized spacial score (nSPS) is 14.6. The molecule has 3 aromatic rings. The van der Waals surface area contributed by atoms with E-state index in [4.69, 9.17) is 9.05 Å². The summed E-state index contributed by atoms with van der Waals surface area (Å²) in [6.07, 6.45) is 6.56. The molecule has 0 fully saturated rings. The van der Waals surface area contributed by atoms with Crippen molar-refractivity contribution in [2.24, 2.45) is 0 Å². The van der Waals surface area contributed by atoms with Gasteiger partial charge in [0.1, 0.15) is 11.5 Å². The Morgan fingerprint density at radius 1 is 0.774 bits per heavy atom. The van der Waals surface area contributed by atoms with Crippen molar-refractivity contribution in [2.75, 3.05) is 0 Å². The van der Waals surface area contributed by atoms with Crippen molar-refractivity contribution in [1.29, 1.82) is 0 Å². The van der Waals surface area contributed by atoms with Crippen LogP contribution in [0.2, 0.25) is 0 Å². The van der Waals surface area contributed by atoms with E-state index in [2.05, 4.69) is 18.2 Å². The molecule has 3 nitrogen and oxygen atoms in total. The van der Waals surface area contributed by atoms with Crippen LogP contribution in [-0.2, 0) is 4.57 Å². The second kappa shape index (κ2) is 10.6. The van der Waals surface area contributed by atoms with E-state index in [1.807, 2.05) is 54.6 Å². The number of allylic oxidation sites excluding steroid dienone is 2. The average molecular weight is 449 g/mol. The van der Waals surface area contributed by atoms with Gasteiger partial charge < -0.3 is 9.05 Å². The van der Waals surface area contributed by atoms with Gasteiger partial charge in [0.15, 0.2) is 0 Å². The van der Waals surface area contributed by atoms with Crippen LogP contribution >= 0.6 is 19.4 Å². The van der Waals surface area contributed by atoms with Crippen molar-refractivity contribution < 1.29 is 13.6 Å². The van der Waals surface area contributed by atoms with E-state index in [9.17, 15) is 4.57 Å². The Labute approximate surface area is 188 Å². The molecule has 0 radical (unpaired) electrons. The van der Waals surface area contributed by atoms with Crippen molar-refractivity contribution in [3.8, 4) is 11.5 Å². The van der Waals surface area contributed by atoms with Crippen molar-refractivity contribution in [1.82, 2.24) is 0 Å². The molecule has 0 atom stereocenters. The van der Waals surface area contributed by atoms with Crippen LogP contribution in [0.4, 0.5) is 0 Å². The summed E-state index contributed by atoms with van der Waals surface area (Å²) in [5, 5.41) is 0. The molecular weight excluding hydrogens is 423 g/mol. The molecule has 31 heavy (non-hydrogen) atoms. The van der Waals surface area contributed by atoms with Gasteiger partial charge in [-0.1, -0.05) is 72.4 Å². The van der Waals surface area contributed by atoms with Gasteiger partial charge in [-0.3, -0.25) is 0 Å². The second-order valence-corrected chi connectivity index (χ2v) is 10.1. The lowest BCUT2D eigenvalue weighted by molar-refractivity contribution is 0.398. The third kappa shape index (κ3) is 6.40. The van der Waals surface area contributed by atoms with Crippen LogP contribution in [0.1, 0.15) is 25.7 Å². The summed E-state index contributed by atoms with van der Waals surface area (Å²) in [5.41, 5.74) is 1.20. The highest BCUT2D eigenvalue weighted by Gasteiger charge is 2.28. The smallest absolute Gasteiger partial charge is 0.413 e. The van der Waals surface area contributed by atoms with Gasteiger partial charge in [0.25, 0.3) is 0 Å². The predicted octanol–water partition coefficient (Wildman–Crippen LogP) is 8.47. The van der Waals surface area contributed by atoms with Gasteiger partial charge in [-0.15, -0.1) is 0 Å². The van der Waals surface area contributed by atoms with Crippen LogP contribution < -0.4 is 9.05 Å². The molecule has 0 amide bonds. The summed E-state index contributed by atoms with van der Waals surface area (Å²) in [6.45, 7) is 0. The van der Waals surface area contributed by atoms with E-state index in [1.54, 1.807) is 41.8 Å². The maximum absolute atomic E-state index is 14.0. The van der Waals surface area contributed by atoms with E-state index < -0.39 is 7.60 Å². The van der Waals surface area contributed by atoms with Gasteiger partial charge in [0.05, 0.1) is 5.82 Å². The van der Waals surface area contributed by atoms with Crippen LogP contribution in [-0.4, -0.2) is 0 Å².